The summed E-state index contributed by atoms with van der Waals surface area (Å²) in [6.07, 6.45) is 13.1. The Kier molecular flexibility index (Phi) is 8.10. The minimum atomic E-state index is -1.02. The van der Waals surface area contributed by atoms with Crippen LogP contribution in [0, 0.1) is 81.8 Å². The molecular formula is C34H54N10O2. The Hall–Kier alpha value is -1.42. The summed E-state index contributed by atoms with van der Waals surface area (Å²) in [6.45, 7) is 0. The summed E-state index contributed by atoms with van der Waals surface area (Å²) in [5.41, 5.74) is 0. The van der Waals surface area contributed by atoms with E-state index in [1.807, 2.05) is 0 Å². The van der Waals surface area contributed by atoms with Crippen LogP contribution in [0.5, 0.6) is 0 Å². The molecule has 12 nitrogen and oxygen atoms in total. The van der Waals surface area contributed by atoms with Crippen molar-refractivity contribution >= 4 is 0 Å². The molecule has 9 fully saturated rings. The Balaban J connectivity index is 1.09. The van der Waals surface area contributed by atoms with Gasteiger partial charge in [0.25, 0.3) is 0 Å². The van der Waals surface area contributed by atoms with Crippen LogP contribution in [0.2, 0.25) is 0 Å². The van der Waals surface area contributed by atoms with Crippen molar-refractivity contribution in [3.05, 3.63) is 0 Å². The van der Waals surface area contributed by atoms with Crippen molar-refractivity contribution in [3.63, 3.8) is 0 Å². The summed E-state index contributed by atoms with van der Waals surface area (Å²) in [5, 5.41) is 75.6. The Morgan fingerprint density at radius 1 is 0.370 bits per heavy atom. The molecule has 20 atom stereocenters. The predicted octanol–water partition coefficient (Wildman–Crippen LogP) is 0.0466. The molecule has 9 aliphatic rings. The van der Waals surface area contributed by atoms with Crippen LogP contribution >= 0.6 is 0 Å². The lowest BCUT2D eigenvalue weighted by Gasteiger charge is -2.44. The van der Waals surface area contributed by atoms with Crippen molar-refractivity contribution in [2.45, 2.75) is 139 Å². The molecule has 10 N–H and O–H groups in total. The molecule has 0 aromatic carbocycles. The normalized spacial score (nSPS) is 57.7. The number of nitriles is 2. The van der Waals surface area contributed by atoms with Gasteiger partial charge in [0.05, 0.1) is 85.5 Å². The van der Waals surface area contributed by atoms with E-state index in [1.54, 1.807) is 0 Å². The summed E-state index contributed by atoms with van der Waals surface area (Å²) in [7, 11) is 0. The van der Waals surface area contributed by atoms with E-state index in [-0.39, 0.29) is 49.3 Å². The first-order valence-corrected chi connectivity index (χ1v) is 18.8. The summed E-state index contributed by atoms with van der Waals surface area (Å²) in [5.74, 6) is 0.486. The molecule has 252 valence electrons. The van der Waals surface area contributed by atoms with Gasteiger partial charge in [-0.15, -0.1) is 0 Å². The van der Waals surface area contributed by atoms with Gasteiger partial charge in [-0.3, -0.25) is 42.5 Å². The summed E-state index contributed by atoms with van der Waals surface area (Å²) in [6, 6.07) is 4.41. The van der Waals surface area contributed by atoms with Crippen LogP contribution < -0.4 is 42.5 Å². The smallest absolute Gasteiger partial charge is 0.0909 e. The third-order valence-corrected chi connectivity index (χ3v) is 14.5. The van der Waals surface area contributed by atoms with Crippen LogP contribution in [0.1, 0.15) is 77.0 Å². The highest BCUT2D eigenvalue weighted by Crippen LogP contribution is 2.47. The topological polar surface area (TPSA) is 184 Å². The van der Waals surface area contributed by atoms with Gasteiger partial charge in [0.2, 0.25) is 0 Å². The first-order valence-electron chi connectivity index (χ1n) is 18.8. The Morgan fingerprint density at radius 3 is 0.826 bits per heavy atom. The number of aliphatic hydroxyl groups excluding tert-OH is 2. The molecule has 46 heavy (non-hydrogen) atoms. The lowest BCUT2D eigenvalue weighted by molar-refractivity contribution is -0.0885. The number of aliphatic hydroxyl groups is 2. The van der Waals surface area contributed by atoms with Gasteiger partial charge in [0.1, 0.15) is 0 Å². The Bertz CT molecular complexity index is 1140. The molecule has 0 amide bonds. The molecule has 5 heterocycles. The van der Waals surface area contributed by atoms with E-state index in [0.717, 1.165) is 12.8 Å². The minimum absolute atomic E-state index is 0.0420. The largest absolute Gasteiger partial charge is 0.391 e. The summed E-state index contributed by atoms with van der Waals surface area (Å²) >= 11 is 0. The molecule has 4 saturated carbocycles. The van der Waals surface area contributed by atoms with Crippen molar-refractivity contribution in [1.82, 2.24) is 42.5 Å². The third-order valence-electron chi connectivity index (χ3n) is 14.5. The summed E-state index contributed by atoms with van der Waals surface area (Å²) in [4.78, 5) is 0. The Morgan fingerprint density at radius 2 is 0.587 bits per heavy atom. The minimum Gasteiger partial charge on any atom is -0.391 e. The van der Waals surface area contributed by atoms with Crippen LogP contribution in [-0.4, -0.2) is 71.7 Å². The molecule has 20 unspecified atom stereocenters. The lowest BCUT2D eigenvalue weighted by atomic mass is 9.65. The van der Waals surface area contributed by atoms with E-state index in [0.29, 0.717) is 35.5 Å². The molecule has 5 saturated heterocycles. The van der Waals surface area contributed by atoms with Crippen molar-refractivity contribution < 1.29 is 10.2 Å². The second-order valence-electron chi connectivity index (χ2n) is 16.4. The molecule has 0 spiro atoms. The van der Waals surface area contributed by atoms with Gasteiger partial charge in [0, 0.05) is 11.8 Å². The number of hydrogen-bond acceptors (Lipinski definition) is 12. The number of nitrogens with one attached hydrogen (secondary N) is 8. The van der Waals surface area contributed by atoms with Crippen LogP contribution in [0.25, 0.3) is 0 Å². The lowest BCUT2D eigenvalue weighted by Crippen LogP contribution is -2.62. The number of nitrogens with zero attached hydrogens (tertiary/aromatic N) is 2. The van der Waals surface area contributed by atoms with E-state index >= 15 is 0 Å². The van der Waals surface area contributed by atoms with Gasteiger partial charge in [-0.1, -0.05) is 38.5 Å². The average Bonchev–Trinajstić information content (AvgIpc) is 3.82. The fourth-order valence-corrected chi connectivity index (χ4v) is 12.4. The van der Waals surface area contributed by atoms with E-state index < -0.39 is 35.9 Å². The van der Waals surface area contributed by atoms with E-state index in [4.69, 9.17) is 0 Å². The number of rotatable bonds is 0. The number of fused-ring (bicyclic) bond motifs is 20. The second-order valence-corrected chi connectivity index (χ2v) is 16.4. The van der Waals surface area contributed by atoms with E-state index in [9.17, 15) is 20.7 Å². The van der Waals surface area contributed by atoms with Crippen LogP contribution in [-0.2, 0) is 0 Å². The molecule has 4 aliphatic carbocycles. The quantitative estimate of drug-likeness (QED) is 0.173. The molecule has 0 radical (unpaired) electrons. The zero-order valence-corrected chi connectivity index (χ0v) is 26.8. The SMILES string of the molecule is N#CC1C(O)C2C3NC4NC(NC5NC(NC6NC(NC(N3)C2C(O)C1C#N)C1CCCCC61)C1CCCCC51)C1CCCCC41. The monoisotopic (exact) mass is 634 g/mol. The molecule has 8 bridgehead atoms. The molecule has 9 rings (SSSR count). The van der Waals surface area contributed by atoms with Gasteiger partial charge in [-0.05, 0) is 74.0 Å². The highest BCUT2D eigenvalue weighted by Gasteiger charge is 2.61. The average molecular weight is 635 g/mol. The van der Waals surface area contributed by atoms with Crippen molar-refractivity contribution in [2.24, 2.45) is 59.2 Å². The number of hydrogen-bond donors (Lipinski definition) is 10. The van der Waals surface area contributed by atoms with E-state index in [2.05, 4.69) is 54.7 Å². The van der Waals surface area contributed by atoms with Gasteiger partial charge in [0.15, 0.2) is 0 Å². The highest BCUT2D eigenvalue weighted by molar-refractivity contribution is 5.18. The fraction of sp³-hybridized carbons (Fsp3) is 0.941. The van der Waals surface area contributed by atoms with Crippen LogP contribution in [0.4, 0.5) is 0 Å². The first-order chi connectivity index (χ1) is 22.5. The van der Waals surface area contributed by atoms with Gasteiger partial charge < -0.3 is 10.2 Å². The maximum Gasteiger partial charge on any atom is 0.0909 e. The van der Waals surface area contributed by atoms with Crippen molar-refractivity contribution in [1.29, 1.82) is 10.5 Å². The van der Waals surface area contributed by atoms with Gasteiger partial charge in [-0.25, -0.2) is 0 Å². The zero-order valence-electron chi connectivity index (χ0n) is 26.8. The van der Waals surface area contributed by atoms with E-state index in [1.165, 1.54) is 64.2 Å². The molecule has 0 aromatic rings. The van der Waals surface area contributed by atoms with Crippen molar-refractivity contribution in [2.75, 3.05) is 0 Å². The molecule has 0 aromatic heterocycles. The third kappa shape index (κ3) is 4.82. The maximum absolute atomic E-state index is 11.7. The van der Waals surface area contributed by atoms with Gasteiger partial charge in [-0.2, -0.15) is 10.5 Å². The first kappa shape index (κ1) is 30.6. The van der Waals surface area contributed by atoms with Crippen LogP contribution in [0.3, 0.4) is 0 Å². The molecule has 5 aliphatic heterocycles. The standard InChI is InChI=1S/C34H54N10O2/c35-13-21-22(14-36)26(46)24-23(25(21)45)33-42-31-19-11-5-3-9-17(19)29(40-31)38-27-15-7-1-2-8-16(15)28(37-27)39-30-18-10-4-6-12-20(18)32(41-30)43-34(24)44-33/h15-34,37-46H,1-12H2. The Labute approximate surface area is 273 Å². The zero-order chi connectivity index (χ0) is 31.1. The molecule has 12 heteroatoms. The summed E-state index contributed by atoms with van der Waals surface area (Å²) < 4.78 is 0. The predicted molar refractivity (Wildman–Crippen MR) is 169 cm³/mol. The maximum atomic E-state index is 11.7. The highest BCUT2D eigenvalue weighted by atomic mass is 16.3. The molecular weight excluding hydrogens is 580 g/mol. The van der Waals surface area contributed by atoms with Crippen LogP contribution in [0.15, 0.2) is 0 Å². The second kappa shape index (κ2) is 12.2. The van der Waals surface area contributed by atoms with Crippen molar-refractivity contribution in [3.8, 4) is 12.1 Å². The fourth-order valence-electron chi connectivity index (χ4n) is 12.4. The van der Waals surface area contributed by atoms with Gasteiger partial charge >= 0.3 is 0 Å².